The van der Waals surface area contributed by atoms with Crippen molar-refractivity contribution in [1.82, 2.24) is 4.90 Å². The van der Waals surface area contributed by atoms with Crippen molar-refractivity contribution >= 4 is 17.3 Å². The molecular weight excluding hydrogens is 230 g/mol. The van der Waals surface area contributed by atoms with Crippen LogP contribution in [0, 0.1) is 0 Å². The van der Waals surface area contributed by atoms with Gasteiger partial charge in [-0.05, 0) is 31.7 Å². The van der Waals surface area contributed by atoms with Gasteiger partial charge in [0, 0.05) is 37.5 Å². The predicted molar refractivity (Wildman–Crippen MR) is 73.3 cm³/mol. The van der Waals surface area contributed by atoms with E-state index in [1.165, 1.54) is 0 Å². The molecule has 4 N–H and O–H groups in total. The van der Waals surface area contributed by atoms with Gasteiger partial charge < -0.3 is 21.1 Å². The number of nitrogens with one attached hydrogen (secondary N) is 1. The second kappa shape index (κ2) is 7.68. The van der Waals surface area contributed by atoms with Crippen LogP contribution in [-0.2, 0) is 4.79 Å². The van der Waals surface area contributed by atoms with Crippen molar-refractivity contribution in [2.45, 2.75) is 12.8 Å². The SMILES string of the molecule is CN(CCCO)CCC(=O)Nc1cccc(N)c1. The van der Waals surface area contributed by atoms with Crippen LogP contribution in [-0.4, -0.2) is 42.7 Å². The minimum absolute atomic E-state index is 0.0311. The van der Waals surface area contributed by atoms with Crippen molar-refractivity contribution in [3.05, 3.63) is 24.3 Å². The molecule has 0 aliphatic rings. The number of carbonyl (C=O) groups is 1. The maximum atomic E-state index is 11.7. The van der Waals surface area contributed by atoms with Crippen LogP contribution in [0.15, 0.2) is 24.3 Å². The first-order chi connectivity index (χ1) is 8.61. The van der Waals surface area contributed by atoms with Crippen molar-refractivity contribution in [1.29, 1.82) is 0 Å². The van der Waals surface area contributed by atoms with E-state index >= 15 is 0 Å². The number of hydrogen-bond acceptors (Lipinski definition) is 4. The maximum absolute atomic E-state index is 11.7. The predicted octanol–water partition coefficient (Wildman–Crippen LogP) is 0.912. The molecule has 1 amide bonds. The third kappa shape index (κ3) is 5.65. The Morgan fingerprint density at radius 2 is 2.22 bits per heavy atom. The minimum atomic E-state index is -0.0311. The van der Waals surface area contributed by atoms with Gasteiger partial charge in [0.05, 0.1) is 0 Å². The Balaban J connectivity index is 2.29. The zero-order chi connectivity index (χ0) is 13.4. The normalized spacial score (nSPS) is 10.6. The lowest BCUT2D eigenvalue weighted by molar-refractivity contribution is -0.116. The molecular formula is C13H21N3O2. The molecule has 0 atom stereocenters. The number of hydrogen-bond donors (Lipinski definition) is 3. The third-order valence-electron chi connectivity index (χ3n) is 2.59. The quantitative estimate of drug-likeness (QED) is 0.629. The molecule has 100 valence electrons. The summed E-state index contributed by atoms with van der Waals surface area (Å²) in [4.78, 5) is 13.7. The first-order valence-electron chi connectivity index (χ1n) is 6.06. The van der Waals surface area contributed by atoms with Gasteiger partial charge in [0.1, 0.15) is 0 Å². The summed E-state index contributed by atoms with van der Waals surface area (Å²) in [7, 11) is 1.93. The molecule has 0 aromatic heterocycles. The Bertz CT molecular complexity index is 382. The fourth-order valence-corrected chi connectivity index (χ4v) is 1.58. The van der Waals surface area contributed by atoms with Crippen LogP contribution in [0.4, 0.5) is 11.4 Å². The molecule has 0 saturated carbocycles. The van der Waals surface area contributed by atoms with Gasteiger partial charge in [-0.25, -0.2) is 0 Å². The molecule has 5 heteroatoms. The van der Waals surface area contributed by atoms with Gasteiger partial charge in [-0.3, -0.25) is 4.79 Å². The molecule has 1 aromatic rings. The van der Waals surface area contributed by atoms with E-state index in [9.17, 15) is 4.79 Å². The number of anilines is 2. The molecule has 5 nitrogen and oxygen atoms in total. The number of aliphatic hydroxyl groups is 1. The lowest BCUT2D eigenvalue weighted by Crippen LogP contribution is -2.25. The molecule has 0 saturated heterocycles. The number of amides is 1. The largest absolute Gasteiger partial charge is 0.399 e. The van der Waals surface area contributed by atoms with Gasteiger partial charge in [-0.1, -0.05) is 6.07 Å². The molecule has 0 fully saturated rings. The van der Waals surface area contributed by atoms with E-state index in [4.69, 9.17) is 10.8 Å². The summed E-state index contributed by atoms with van der Waals surface area (Å²) in [5.41, 5.74) is 6.98. The highest BCUT2D eigenvalue weighted by Crippen LogP contribution is 2.11. The maximum Gasteiger partial charge on any atom is 0.225 e. The molecule has 1 rings (SSSR count). The molecule has 18 heavy (non-hydrogen) atoms. The highest BCUT2D eigenvalue weighted by atomic mass is 16.3. The Labute approximate surface area is 108 Å². The van der Waals surface area contributed by atoms with Gasteiger partial charge in [0.15, 0.2) is 0 Å². The van der Waals surface area contributed by atoms with Crippen molar-refractivity contribution in [3.63, 3.8) is 0 Å². The molecule has 0 unspecified atom stereocenters. The van der Waals surface area contributed by atoms with E-state index in [2.05, 4.69) is 5.32 Å². The minimum Gasteiger partial charge on any atom is -0.399 e. The second-order valence-electron chi connectivity index (χ2n) is 4.30. The number of nitrogens with two attached hydrogens (primary N) is 1. The fraction of sp³-hybridized carbons (Fsp3) is 0.462. The van der Waals surface area contributed by atoms with Crippen LogP contribution >= 0.6 is 0 Å². The van der Waals surface area contributed by atoms with Crippen LogP contribution in [0.2, 0.25) is 0 Å². The monoisotopic (exact) mass is 251 g/mol. The topological polar surface area (TPSA) is 78.6 Å². The van der Waals surface area contributed by atoms with E-state index in [1.807, 2.05) is 18.0 Å². The third-order valence-corrected chi connectivity index (χ3v) is 2.59. The average molecular weight is 251 g/mol. The van der Waals surface area contributed by atoms with E-state index in [-0.39, 0.29) is 12.5 Å². The molecule has 0 aliphatic heterocycles. The Morgan fingerprint density at radius 3 is 2.89 bits per heavy atom. The smallest absolute Gasteiger partial charge is 0.225 e. The zero-order valence-electron chi connectivity index (χ0n) is 10.7. The Kier molecular flexibility index (Phi) is 6.18. The summed E-state index contributed by atoms with van der Waals surface area (Å²) < 4.78 is 0. The molecule has 0 aliphatic carbocycles. The highest BCUT2D eigenvalue weighted by molar-refractivity contribution is 5.91. The van der Waals surface area contributed by atoms with Crippen LogP contribution in [0.25, 0.3) is 0 Å². The summed E-state index contributed by atoms with van der Waals surface area (Å²) in [5, 5.41) is 11.5. The number of rotatable bonds is 7. The first kappa shape index (κ1) is 14.5. The van der Waals surface area contributed by atoms with Crippen molar-refractivity contribution < 1.29 is 9.90 Å². The molecule has 1 aromatic carbocycles. The van der Waals surface area contributed by atoms with Crippen molar-refractivity contribution in [2.24, 2.45) is 0 Å². The fourth-order valence-electron chi connectivity index (χ4n) is 1.58. The summed E-state index contributed by atoms with van der Waals surface area (Å²) in [6.07, 6.45) is 1.16. The van der Waals surface area contributed by atoms with E-state index in [1.54, 1.807) is 18.2 Å². The van der Waals surface area contributed by atoms with Gasteiger partial charge in [-0.2, -0.15) is 0 Å². The van der Waals surface area contributed by atoms with E-state index < -0.39 is 0 Å². The molecule has 0 radical (unpaired) electrons. The number of nitrogens with zero attached hydrogens (tertiary/aromatic N) is 1. The number of aliphatic hydroxyl groups excluding tert-OH is 1. The molecule has 0 bridgehead atoms. The van der Waals surface area contributed by atoms with Gasteiger partial charge in [0.25, 0.3) is 0 Å². The Morgan fingerprint density at radius 1 is 1.44 bits per heavy atom. The lowest BCUT2D eigenvalue weighted by atomic mass is 10.2. The summed E-state index contributed by atoms with van der Waals surface area (Å²) in [6, 6.07) is 7.12. The van der Waals surface area contributed by atoms with Crippen LogP contribution in [0.5, 0.6) is 0 Å². The van der Waals surface area contributed by atoms with E-state index in [0.717, 1.165) is 18.7 Å². The molecule has 0 spiro atoms. The summed E-state index contributed by atoms with van der Waals surface area (Å²) >= 11 is 0. The average Bonchev–Trinajstić information content (AvgIpc) is 2.34. The van der Waals surface area contributed by atoms with Gasteiger partial charge in [0.2, 0.25) is 5.91 Å². The first-order valence-corrected chi connectivity index (χ1v) is 6.06. The van der Waals surface area contributed by atoms with Crippen LogP contribution in [0.3, 0.4) is 0 Å². The number of nitrogen functional groups attached to an aromatic ring is 1. The highest BCUT2D eigenvalue weighted by Gasteiger charge is 2.05. The Hall–Kier alpha value is -1.59. The summed E-state index contributed by atoms with van der Waals surface area (Å²) in [5.74, 6) is -0.0311. The van der Waals surface area contributed by atoms with Crippen LogP contribution in [0.1, 0.15) is 12.8 Å². The zero-order valence-corrected chi connectivity index (χ0v) is 10.7. The van der Waals surface area contributed by atoms with Crippen LogP contribution < -0.4 is 11.1 Å². The second-order valence-corrected chi connectivity index (χ2v) is 4.30. The van der Waals surface area contributed by atoms with Gasteiger partial charge in [-0.15, -0.1) is 0 Å². The van der Waals surface area contributed by atoms with Crippen molar-refractivity contribution in [3.8, 4) is 0 Å². The van der Waals surface area contributed by atoms with Gasteiger partial charge >= 0.3 is 0 Å². The van der Waals surface area contributed by atoms with Crippen molar-refractivity contribution in [2.75, 3.05) is 37.8 Å². The number of benzene rings is 1. The number of carbonyl (C=O) groups excluding carboxylic acids is 1. The standard InChI is InChI=1S/C13H21N3O2/c1-16(7-3-9-17)8-6-13(18)15-12-5-2-4-11(14)10-12/h2,4-5,10,17H,3,6-9,14H2,1H3,(H,15,18). The summed E-state index contributed by atoms with van der Waals surface area (Å²) in [6.45, 7) is 1.65. The lowest BCUT2D eigenvalue weighted by Gasteiger charge is -2.15. The molecule has 0 heterocycles. The van der Waals surface area contributed by atoms with E-state index in [0.29, 0.717) is 18.7 Å².